The minimum absolute atomic E-state index is 0.258. The molecule has 6 heteroatoms. The predicted molar refractivity (Wildman–Crippen MR) is 113 cm³/mol. The summed E-state index contributed by atoms with van der Waals surface area (Å²) in [5, 5.41) is 2.85. The van der Waals surface area contributed by atoms with Gasteiger partial charge in [0.1, 0.15) is 11.5 Å². The first-order valence-corrected chi connectivity index (χ1v) is 9.32. The lowest BCUT2D eigenvalue weighted by Gasteiger charge is -2.16. The summed E-state index contributed by atoms with van der Waals surface area (Å²) in [7, 11) is 3.10. The van der Waals surface area contributed by atoms with Gasteiger partial charge in [-0.15, -0.1) is 0 Å². The fraction of sp³-hybridized carbons (Fsp3) is 0.304. The topological polar surface area (TPSA) is 73.9 Å². The third-order valence-corrected chi connectivity index (χ3v) is 4.37. The summed E-state index contributed by atoms with van der Waals surface area (Å²) in [5.74, 6) is 0.472. The molecule has 0 radical (unpaired) electrons. The van der Waals surface area contributed by atoms with Gasteiger partial charge in [0, 0.05) is 17.3 Å². The van der Waals surface area contributed by atoms with Crippen molar-refractivity contribution in [1.82, 2.24) is 0 Å². The Balaban J connectivity index is 1.98. The Morgan fingerprint density at radius 3 is 2.52 bits per heavy atom. The number of aryl methyl sites for hydroxylation is 1. The minimum atomic E-state index is -0.626. The lowest BCUT2D eigenvalue weighted by Crippen LogP contribution is -2.21. The van der Waals surface area contributed by atoms with E-state index >= 15 is 0 Å². The van der Waals surface area contributed by atoms with Gasteiger partial charge in [-0.1, -0.05) is 32.0 Å². The number of hydrogen-bond donors (Lipinski definition) is 1. The maximum absolute atomic E-state index is 12.3. The van der Waals surface area contributed by atoms with Crippen molar-refractivity contribution in [2.24, 2.45) is 0 Å². The van der Waals surface area contributed by atoms with Crippen LogP contribution < -0.4 is 14.8 Å². The van der Waals surface area contributed by atoms with E-state index in [0.717, 1.165) is 16.8 Å². The van der Waals surface area contributed by atoms with Crippen molar-refractivity contribution in [3.8, 4) is 11.5 Å². The molecule has 1 N–H and O–H groups in total. The van der Waals surface area contributed by atoms with E-state index in [2.05, 4.69) is 19.2 Å². The summed E-state index contributed by atoms with van der Waals surface area (Å²) in [4.78, 5) is 24.3. The second kappa shape index (κ2) is 10.3. The Bertz CT molecular complexity index is 902. The van der Waals surface area contributed by atoms with Crippen molar-refractivity contribution < 1.29 is 23.8 Å². The van der Waals surface area contributed by atoms with Crippen molar-refractivity contribution in [3.05, 3.63) is 59.2 Å². The molecule has 154 valence electrons. The van der Waals surface area contributed by atoms with E-state index < -0.39 is 5.97 Å². The van der Waals surface area contributed by atoms with Crippen LogP contribution in [-0.2, 0) is 14.3 Å². The second-order valence-corrected chi connectivity index (χ2v) is 6.79. The van der Waals surface area contributed by atoms with Crippen LogP contribution in [0.25, 0.3) is 6.08 Å². The summed E-state index contributed by atoms with van der Waals surface area (Å²) in [5.41, 5.74) is 3.42. The van der Waals surface area contributed by atoms with Gasteiger partial charge in [0.25, 0.3) is 5.91 Å². The number of methoxy groups -OCH3 is 2. The van der Waals surface area contributed by atoms with Crippen LogP contribution in [0.4, 0.5) is 5.69 Å². The molecule has 0 saturated carbocycles. The average Bonchev–Trinajstić information content (AvgIpc) is 2.71. The standard InChI is InChI=1S/C23H27NO5/c1-15(2)19-8-6-7-16(3)23(19)24-21(25)14-29-22(26)12-9-17-13-18(27-4)10-11-20(17)28-5/h6-13,15H,14H2,1-5H3,(H,24,25)/b12-9+. The molecule has 0 saturated heterocycles. The van der Waals surface area contributed by atoms with Gasteiger partial charge in [-0.05, 0) is 48.2 Å². The fourth-order valence-corrected chi connectivity index (χ4v) is 2.83. The van der Waals surface area contributed by atoms with Crippen molar-refractivity contribution >= 4 is 23.6 Å². The number of amides is 1. The highest BCUT2D eigenvalue weighted by atomic mass is 16.5. The number of rotatable bonds is 8. The molecule has 0 unspecified atom stereocenters. The summed E-state index contributed by atoms with van der Waals surface area (Å²) in [6.07, 6.45) is 2.80. The van der Waals surface area contributed by atoms with Gasteiger partial charge in [0.2, 0.25) is 0 Å². The fourth-order valence-electron chi connectivity index (χ4n) is 2.83. The number of anilines is 1. The van der Waals surface area contributed by atoms with Gasteiger partial charge in [0.15, 0.2) is 6.61 Å². The van der Waals surface area contributed by atoms with E-state index in [1.165, 1.54) is 6.08 Å². The van der Waals surface area contributed by atoms with Crippen molar-refractivity contribution in [1.29, 1.82) is 0 Å². The molecule has 2 aromatic carbocycles. The van der Waals surface area contributed by atoms with E-state index in [9.17, 15) is 9.59 Å². The van der Waals surface area contributed by atoms with Gasteiger partial charge >= 0.3 is 5.97 Å². The SMILES string of the molecule is COc1ccc(OC)c(/C=C/C(=O)OCC(=O)Nc2c(C)cccc2C(C)C)c1. The highest BCUT2D eigenvalue weighted by molar-refractivity contribution is 5.96. The number of para-hydroxylation sites is 1. The molecule has 0 aliphatic carbocycles. The Morgan fingerprint density at radius 2 is 1.86 bits per heavy atom. The molecular weight excluding hydrogens is 370 g/mol. The first-order valence-electron chi connectivity index (χ1n) is 9.32. The number of esters is 1. The molecule has 2 rings (SSSR count). The van der Waals surface area contributed by atoms with Gasteiger partial charge in [-0.3, -0.25) is 4.79 Å². The van der Waals surface area contributed by atoms with Crippen LogP contribution >= 0.6 is 0 Å². The number of carbonyl (C=O) groups is 2. The van der Waals surface area contributed by atoms with E-state index in [4.69, 9.17) is 14.2 Å². The lowest BCUT2D eigenvalue weighted by atomic mass is 9.98. The molecule has 1 amide bonds. The van der Waals surface area contributed by atoms with Crippen LogP contribution in [0.15, 0.2) is 42.5 Å². The average molecular weight is 397 g/mol. The summed E-state index contributed by atoms with van der Waals surface area (Å²) >= 11 is 0. The molecule has 0 bridgehead atoms. The summed E-state index contributed by atoms with van der Waals surface area (Å²) in [6, 6.07) is 11.1. The normalized spacial score (nSPS) is 10.8. The number of hydrogen-bond acceptors (Lipinski definition) is 5. The maximum atomic E-state index is 12.3. The van der Waals surface area contributed by atoms with Crippen molar-refractivity contribution in [2.45, 2.75) is 26.7 Å². The second-order valence-electron chi connectivity index (χ2n) is 6.79. The van der Waals surface area contributed by atoms with E-state index in [-0.39, 0.29) is 18.4 Å². The Labute approximate surface area is 171 Å². The monoisotopic (exact) mass is 397 g/mol. The Hall–Kier alpha value is -3.28. The predicted octanol–water partition coefficient (Wildman–Crippen LogP) is 4.33. The van der Waals surface area contributed by atoms with E-state index in [1.807, 2.05) is 25.1 Å². The highest BCUT2D eigenvalue weighted by Gasteiger charge is 2.13. The van der Waals surface area contributed by atoms with Crippen LogP contribution in [-0.4, -0.2) is 32.7 Å². The third kappa shape index (κ3) is 6.10. The zero-order valence-electron chi connectivity index (χ0n) is 17.4. The van der Waals surface area contributed by atoms with Gasteiger partial charge in [-0.25, -0.2) is 4.79 Å². The van der Waals surface area contributed by atoms with Gasteiger partial charge in [0.05, 0.1) is 14.2 Å². The number of nitrogens with one attached hydrogen (secondary N) is 1. The summed E-state index contributed by atoms with van der Waals surface area (Å²) < 4.78 is 15.5. The van der Waals surface area contributed by atoms with Gasteiger partial charge in [-0.2, -0.15) is 0 Å². The lowest BCUT2D eigenvalue weighted by molar-refractivity contribution is -0.142. The molecule has 0 fully saturated rings. The highest BCUT2D eigenvalue weighted by Crippen LogP contribution is 2.27. The molecule has 0 aromatic heterocycles. The molecule has 29 heavy (non-hydrogen) atoms. The minimum Gasteiger partial charge on any atom is -0.497 e. The quantitative estimate of drug-likeness (QED) is 0.530. The number of carbonyl (C=O) groups excluding carboxylic acids is 2. The molecule has 0 aliphatic heterocycles. The molecule has 0 spiro atoms. The van der Waals surface area contributed by atoms with Crippen LogP contribution in [0.5, 0.6) is 11.5 Å². The molecule has 0 aliphatic rings. The zero-order chi connectivity index (χ0) is 21.4. The smallest absolute Gasteiger partial charge is 0.331 e. The van der Waals surface area contributed by atoms with Crippen LogP contribution in [0, 0.1) is 6.92 Å². The zero-order valence-corrected chi connectivity index (χ0v) is 17.4. The molecule has 0 heterocycles. The molecule has 0 atom stereocenters. The molecule has 2 aromatic rings. The van der Waals surface area contributed by atoms with E-state index in [0.29, 0.717) is 17.1 Å². The Morgan fingerprint density at radius 1 is 1.10 bits per heavy atom. The Kier molecular flexibility index (Phi) is 7.83. The van der Waals surface area contributed by atoms with Crippen molar-refractivity contribution in [2.75, 3.05) is 26.1 Å². The first kappa shape index (κ1) is 22.0. The van der Waals surface area contributed by atoms with Crippen LogP contribution in [0.2, 0.25) is 0 Å². The maximum Gasteiger partial charge on any atom is 0.331 e. The largest absolute Gasteiger partial charge is 0.497 e. The van der Waals surface area contributed by atoms with Crippen LogP contribution in [0.1, 0.15) is 36.5 Å². The third-order valence-electron chi connectivity index (χ3n) is 4.37. The van der Waals surface area contributed by atoms with Gasteiger partial charge < -0.3 is 19.5 Å². The molecule has 6 nitrogen and oxygen atoms in total. The number of ether oxygens (including phenoxy) is 3. The molecular formula is C23H27NO5. The number of benzene rings is 2. The van der Waals surface area contributed by atoms with Crippen LogP contribution in [0.3, 0.4) is 0 Å². The summed E-state index contributed by atoms with van der Waals surface area (Å²) in [6.45, 7) is 5.67. The van der Waals surface area contributed by atoms with E-state index in [1.54, 1.807) is 38.5 Å². The van der Waals surface area contributed by atoms with Crippen molar-refractivity contribution in [3.63, 3.8) is 0 Å². The first-order chi connectivity index (χ1) is 13.8.